The maximum Gasteiger partial charge on any atom is 0.0888 e. The van der Waals surface area contributed by atoms with Gasteiger partial charge in [0.25, 0.3) is 0 Å². The third-order valence-electron chi connectivity index (χ3n) is 1.90. The average Bonchev–Trinajstić information content (AvgIpc) is 2.74. The topological polar surface area (TPSA) is 26.0 Å². The molecule has 15 heavy (non-hydrogen) atoms. The van der Waals surface area contributed by atoms with E-state index in [1.165, 1.54) is 0 Å². The Balaban J connectivity index is 2.36. The molecule has 2 N–H and O–H groups in total. The summed E-state index contributed by atoms with van der Waals surface area (Å²) in [5.74, 6) is 0. The van der Waals surface area contributed by atoms with Crippen LogP contribution in [0.2, 0.25) is 5.02 Å². The molecule has 6 heteroatoms. The third-order valence-corrected chi connectivity index (χ3v) is 6.41. The van der Waals surface area contributed by atoms with Crippen molar-refractivity contribution in [1.82, 2.24) is 0 Å². The molecular weight excluding hydrogens is 382 g/mol. The SMILES string of the molecule is NC(c1cc(Cl)c(Br)s1)c1sccc1Br. The molecule has 2 rings (SSSR count). The van der Waals surface area contributed by atoms with Crippen LogP contribution in [0.1, 0.15) is 15.8 Å². The summed E-state index contributed by atoms with van der Waals surface area (Å²) in [6.07, 6.45) is 0. The van der Waals surface area contributed by atoms with E-state index in [0.717, 1.165) is 23.0 Å². The molecule has 0 aromatic carbocycles. The van der Waals surface area contributed by atoms with E-state index in [-0.39, 0.29) is 6.04 Å². The monoisotopic (exact) mass is 385 g/mol. The lowest BCUT2D eigenvalue weighted by molar-refractivity contribution is 0.912. The van der Waals surface area contributed by atoms with E-state index >= 15 is 0 Å². The first-order valence-electron chi connectivity index (χ1n) is 4.03. The van der Waals surface area contributed by atoms with Gasteiger partial charge >= 0.3 is 0 Å². The van der Waals surface area contributed by atoms with Crippen molar-refractivity contribution in [1.29, 1.82) is 0 Å². The molecule has 1 nitrogen and oxygen atoms in total. The second-order valence-electron chi connectivity index (χ2n) is 2.88. The summed E-state index contributed by atoms with van der Waals surface area (Å²) in [7, 11) is 0. The molecule has 0 amide bonds. The minimum Gasteiger partial charge on any atom is -0.319 e. The summed E-state index contributed by atoms with van der Waals surface area (Å²) in [6, 6.07) is 3.81. The zero-order valence-electron chi connectivity index (χ0n) is 7.34. The Morgan fingerprint density at radius 3 is 2.60 bits per heavy atom. The van der Waals surface area contributed by atoms with Gasteiger partial charge < -0.3 is 5.73 Å². The molecule has 80 valence electrons. The highest BCUT2D eigenvalue weighted by molar-refractivity contribution is 9.11. The Morgan fingerprint density at radius 2 is 2.13 bits per heavy atom. The zero-order valence-corrected chi connectivity index (χ0v) is 12.9. The third kappa shape index (κ3) is 2.48. The molecule has 0 radical (unpaired) electrons. The minimum atomic E-state index is -0.104. The maximum atomic E-state index is 6.16. The molecule has 2 heterocycles. The van der Waals surface area contributed by atoms with E-state index in [9.17, 15) is 0 Å². The molecular formula is C9H6Br2ClNS2. The van der Waals surface area contributed by atoms with Gasteiger partial charge in [0.1, 0.15) is 0 Å². The van der Waals surface area contributed by atoms with E-state index in [0.29, 0.717) is 0 Å². The molecule has 2 aromatic rings. The highest BCUT2D eigenvalue weighted by Crippen LogP contribution is 2.39. The second-order valence-corrected chi connectivity index (χ2v) is 7.49. The number of halogens is 3. The standard InChI is InChI=1S/C9H6Br2ClNS2/c10-4-1-2-14-8(4)7(13)6-3-5(12)9(11)15-6/h1-3,7H,13H2. The van der Waals surface area contributed by atoms with E-state index < -0.39 is 0 Å². The van der Waals surface area contributed by atoms with Gasteiger partial charge in [0.15, 0.2) is 0 Å². The highest BCUT2D eigenvalue weighted by atomic mass is 79.9. The van der Waals surface area contributed by atoms with Crippen molar-refractivity contribution in [2.24, 2.45) is 5.73 Å². The summed E-state index contributed by atoms with van der Waals surface area (Å²) >= 11 is 16.1. The fourth-order valence-electron chi connectivity index (χ4n) is 1.17. The predicted octanol–water partition coefficient (Wildman–Crippen LogP) is 5.04. The molecule has 0 aliphatic rings. The van der Waals surface area contributed by atoms with Gasteiger partial charge in [0.2, 0.25) is 0 Å². The molecule has 2 aromatic heterocycles. The first-order valence-corrected chi connectivity index (χ1v) is 7.69. The number of nitrogens with two attached hydrogens (primary N) is 1. The molecule has 0 saturated heterocycles. The molecule has 0 aliphatic heterocycles. The maximum absolute atomic E-state index is 6.16. The van der Waals surface area contributed by atoms with Crippen molar-refractivity contribution in [2.75, 3.05) is 0 Å². The number of thiophene rings is 2. The summed E-state index contributed by atoms with van der Waals surface area (Å²) in [5, 5.41) is 2.74. The van der Waals surface area contributed by atoms with Gasteiger partial charge in [-0.2, -0.15) is 0 Å². The fraction of sp³-hybridized carbons (Fsp3) is 0.111. The van der Waals surface area contributed by atoms with Crippen LogP contribution in [0.15, 0.2) is 25.8 Å². The zero-order chi connectivity index (χ0) is 11.0. The van der Waals surface area contributed by atoms with Crippen molar-refractivity contribution >= 4 is 66.1 Å². The Hall–Kier alpha value is 0.610. The highest BCUT2D eigenvalue weighted by Gasteiger charge is 2.17. The number of hydrogen-bond donors (Lipinski definition) is 1. The molecule has 1 unspecified atom stereocenters. The predicted molar refractivity (Wildman–Crippen MR) is 75.1 cm³/mol. The van der Waals surface area contributed by atoms with Crippen molar-refractivity contribution in [3.05, 3.63) is 40.5 Å². The lowest BCUT2D eigenvalue weighted by Gasteiger charge is -2.07. The van der Waals surface area contributed by atoms with Gasteiger partial charge in [-0.15, -0.1) is 22.7 Å². The van der Waals surface area contributed by atoms with Gasteiger partial charge in [0, 0.05) is 14.2 Å². The average molecular weight is 388 g/mol. The van der Waals surface area contributed by atoms with Crippen molar-refractivity contribution in [3.63, 3.8) is 0 Å². The smallest absolute Gasteiger partial charge is 0.0888 e. The summed E-state index contributed by atoms with van der Waals surface area (Å²) in [4.78, 5) is 2.19. The van der Waals surface area contributed by atoms with Gasteiger partial charge in [-0.1, -0.05) is 11.6 Å². The Bertz CT molecular complexity index is 461. The van der Waals surface area contributed by atoms with Crippen molar-refractivity contribution in [2.45, 2.75) is 6.04 Å². The van der Waals surface area contributed by atoms with Crippen LogP contribution in [0, 0.1) is 0 Å². The normalized spacial score (nSPS) is 13.1. The van der Waals surface area contributed by atoms with Crippen molar-refractivity contribution in [3.8, 4) is 0 Å². The summed E-state index contributed by atoms with van der Waals surface area (Å²) in [5.41, 5.74) is 6.16. The van der Waals surface area contributed by atoms with Gasteiger partial charge in [-0.25, -0.2) is 0 Å². The molecule has 0 fully saturated rings. The van der Waals surface area contributed by atoms with Crippen LogP contribution < -0.4 is 5.73 Å². The van der Waals surface area contributed by atoms with Crippen molar-refractivity contribution < 1.29 is 0 Å². The molecule has 0 saturated carbocycles. The fourth-order valence-corrected chi connectivity index (χ4v) is 4.64. The number of rotatable bonds is 2. The quantitative estimate of drug-likeness (QED) is 0.768. The second kappa shape index (κ2) is 4.85. The van der Waals surface area contributed by atoms with E-state index in [1.807, 2.05) is 17.5 Å². The largest absolute Gasteiger partial charge is 0.319 e. The van der Waals surface area contributed by atoms with Gasteiger partial charge in [-0.05, 0) is 49.4 Å². The van der Waals surface area contributed by atoms with E-state index in [2.05, 4.69) is 31.9 Å². The van der Waals surface area contributed by atoms with Gasteiger partial charge in [-0.3, -0.25) is 0 Å². The van der Waals surface area contributed by atoms with Crippen LogP contribution in [0.3, 0.4) is 0 Å². The minimum absolute atomic E-state index is 0.104. The van der Waals surface area contributed by atoms with Crippen LogP contribution >= 0.6 is 66.1 Å². The van der Waals surface area contributed by atoms with Crippen LogP contribution in [0.4, 0.5) is 0 Å². The molecule has 0 spiro atoms. The molecule has 0 aliphatic carbocycles. The van der Waals surface area contributed by atoms with Gasteiger partial charge in [0.05, 0.1) is 14.9 Å². The number of hydrogen-bond acceptors (Lipinski definition) is 3. The lowest BCUT2D eigenvalue weighted by Crippen LogP contribution is -2.08. The first kappa shape index (κ1) is 12.1. The summed E-state index contributed by atoms with van der Waals surface area (Å²) < 4.78 is 1.99. The van der Waals surface area contributed by atoms with Crippen LogP contribution in [-0.4, -0.2) is 0 Å². The Morgan fingerprint density at radius 1 is 1.40 bits per heavy atom. The van der Waals surface area contributed by atoms with E-state index in [4.69, 9.17) is 17.3 Å². The van der Waals surface area contributed by atoms with Crippen LogP contribution in [0.25, 0.3) is 0 Å². The van der Waals surface area contributed by atoms with Crippen LogP contribution in [-0.2, 0) is 0 Å². The first-order chi connectivity index (χ1) is 7.09. The van der Waals surface area contributed by atoms with Crippen LogP contribution in [0.5, 0.6) is 0 Å². The van der Waals surface area contributed by atoms with E-state index in [1.54, 1.807) is 22.7 Å². The Labute approximate surface area is 118 Å². The molecule has 1 atom stereocenters. The Kier molecular flexibility index (Phi) is 3.91. The lowest BCUT2D eigenvalue weighted by atomic mass is 10.2. The molecule has 0 bridgehead atoms. The summed E-state index contributed by atoms with van der Waals surface area (Å²) in [6.45, 7) is 0.